The van der Waals surface area contributed by atoms with Gasteiger partial charge in [-0.3, -0.25) is 9.59 Å². The van der Waals surface area contributed by atoms with Gasteiger partial charge in [-0.15, -0.1) is 0 Å². The predicted molar refractivity (Wildman–Crippen MR) is 72.7 cm³/mol. The van der Waals surface area contributed by atoms with Crippen molar-refractivity contribution >= 4 is 18.0 Å². The second kappa shape index (κ2) is 4.75. The fourth-order valence-electron chi connectivity index (χ4n) is 3.18. The number of amides is 2. The van der Waals surface area contributed by atoms with Crippen LogP contribution in [0.3, 0.4) is 0 Å². The number of rotatable bonds is 3. The van der Waals surface area contributed by atoms with Gasteiger partial charge in [0.15, 0.2) is 0 Å². The molecular weight excluding hydrogens is 276 g/mol. The van der Waals surface area contributed by atoms with Gasteiger partial charge in [0.25, 0.3) is 0 Å². The van der Waals surface area contributed by atoms with E-state index in [0.29, 0.717) is 6.42 Å². The quantitative estimate of drug-likeness (QED) is 0.579. The molecule has 1 saturated carbocycles. The molecule has 2 amide bonds. The first-order valence-electron chi connectivity index (χ1n) is 6.76. The molecule has 2 aliphatic rings. The maximum Gasteiger partial charge on any atom is 0.509 e. The molecular formula is C14H20N2O5. The van der Waals surface area contributed by atoms with E-state index in [1.54, 1.807) is 32.9 Å². The average molecular weight is 296 g/mol. The maximum atomic E-state index is 11.9. The number of nitrogens with two attached hydrogens (primary N) is 2. The lowest BCUT2D eigenvalue weighted by atomic mass is 9.80. The molecule has 0 aromatic heterocycles. The standard InChI is InChI=1S/C14H20N2O5/c1-13(2,3)20-12(19)21-14-5-4-7(6-14)8(10(15)17)9(14)11(16)18/h4-5,7-9H,6H2,1-3H3,(H2,15,17)(H2,16,18). The molecule has 0 aromatic rings. The van der Waals surface area contributed by atoms with Crippen LogP contribution in [0.2, 0.25) is 0 Å². The minimum atomic E-state index is -1.24. The maximum absolute atomic E-state index is 11.9. The Hall–Kier alpha value is -2.05. The first kappa shape index (κ1) is 15.3. The lowest BCUT2D eigenvalue weighted by molar-refractivity contribution is -0.138. The summed E-state index contributed by atoms with van der Waals surface area (Å²) < 4.78 is 10.5. The van der Waals surface area contributed by atoms with Crippen molar-refractivity contribution in [3.8, 4) is 0 Å². The van der Waals surface area contributed by atoms with Crippen molar-refractivity contribution < 1.29 is 23.9 Å². The van der Waals surface area contributed by atoms with Crippen LogP contribution < -0.4 is 11.5 Å². The molecule has 4 N–H and O–H groups in total. The third-order valence-corrected chi connectivity index (χ3v) is 3.83. The molecule has 21 heavy (non-hydrogen) atoms. The van der Waals surface area contributed by atoms with E-state index in [1.807, 2.05) is 0 Å². The summed E-state index contributed by atoms with van der Waals surface area (Å²) in [6.07, 6.45) is 2.76. The second-order valence-corrected chi connectivity index (χ2v) is 6.56. The van der Waals surface area contributed by atoms with Gasteiger partial charge in [0, 0.05) is 0 Å². The molecule has 4 unspecified atom stereocenters. The van der Waals surface area contributed by atoms with E-state index in [1.165, 1.54) is 0 Å². The third kappa shape index (κ3) is 2.72. The Morgan fingerprint density at radius 3 is 2.29 bits per heavy atom. The van der Waals surface area contributed by atoms with E-state index in [0.717, 1.165) is 0 Å². The summed E-state index contributed by atoms with van der Waals surface area (Å²) in [5.74, 6) is -3.30. The molecule has 2 bridgehead atoms. The Bertz CT molecular complexity index is 522. The highest BCUT2D eigenvalue weighted by Crippen LogP contribution is 2.52. The molecule has 1 fully saturated rings. The van der Waals surface area contributed by atoms with Gasteiger partial charge >= 0.3 is 6.16 Å². The molecule has 0 saturated heterocycles. The number of carbonyl (C=O) groups is 3. The van der Waals surface area contributed by atoms with Gasteiger partial charge in [-0.2, -0.15) is 0 Å². The molecule has 2 aliphatic carbocycles. The predicted octanol–water partition coefficient (Wildman–Crippen LogP) is 0.470. The zero-order valence-corrected chi connectivity index (χ0v) is 12.3. The Morgan fingerprint density at radius 1 is 1.19 bits per heavy atom. The van der Waals surface area contributed by atoms with Crippen molar-refractivity contribution in [3.05, 3.63) is 12.2 Å². The SMILES string of the molecule is CC(C)(C)OC(=O)OC12C=CC(C1)C(C(N)=O)C2C(N)=O. The number of ether oxygens (including phenoxy) is 2. The summed E-state index contributed by atoms with van der Waals surface area (Å²) in [6, 6.07) is 0. The van der Waals surface area contributed by atoms with Gasteiger partial charge in [-0.1, -0.05) is 6.08 Å². The van der Waals surface area contributed by atoms with Gasteiger partial charge < -0.3 is 20.9 Å². The van der Waals surface area contributed by atoms with Crippen LogP contribution in [0.15, 0.2) is 12.2 Å². The molecule has 0 aromatic carbocycles. The topological polar surface area (TPSA) is 122 Å². The van der Waals surface area contributed by atoms with Crippen LogP contribution in [0.5, 0.6) is 0 Å². The van der Waals surface area contributed by atoms with Gasteiger partial charge in [-0.25, -0.2) is 4.79 Å². The molecule has 0 spiro atoms. The lowest BCUT2D eigenvalue weighted by Gasteiger charge is -2.33. The largest absolute Gasteiger partial charge is 0.509 e. The van der Waals surface area contributed by atoms with E-state index in [9.17, 15) is 14.4 Å². The first-order chi connectivity index (χ1) is 9.56. The number of fused-ring (bicyclic) bond motifs is 2. The highest BCUT2D eigenvalue weighted by molar-refractivity contribution is 5.89. The third-order valence-electron chi connectivity index (χ3n) is 3.83. The van der Waals surface area contributed by atoms with E-state index < -0.39 is 41.0 Å². The Balaban J connectivity index is 2.25. The summed E-state index contributed by atoms with van der Waals surface area (Å²) in [7, 11) is 0. The molecule has 4 atom stereocenters. The number of hydrogen-bond donors (Lipinski definition) is 2. The number of primary amides is 2. The zero-order chi connectivity index (χ0) is 16.0. The molecule has 0 heterocycles. The minimum Gasteiger partial charge on any atom is -0.429 e. The Morgan fingerprint density at radius 2 is 1.81 bits per heavy atom. The van der Waals surface area contributed by atoms with Crippen LogP contribution in [0.4, 0.5) is 4.79 Å². The van der Waals surface area contributed by atoms with Gasteiger partial charge in [0.05, 0.1) is 11.8 Å². The summed E-state index contributed by atoms with van der Waals surface area (Å²) in [5.41, 5.74) is 8.78. The fourth-order valence-corrected chi connectivity index (χ4v) is 3.18. The summed E-state index contributed by atoms with van der Waals surface area (Å²) >= 11 is 0. The molecule has 0 radical (unpaired) electrons. The number of allylic oxidation sites excluding steroid dienone is 1. The van der Waals surface area contributed by atoms with Crippen LogP contribution in [0.25, 0.3) is 0 Å². The summed E-state index contributed by atoms with van der Waals surface area (Å²) in [4.78, 5) is 35.2. The zero-order valence-electron chi connectivity index (χ0n) is 12.3. The highest BCUT2D eigenvalue weighted by Gasteiger charge is 2.62. The fraction of sp³-hybridized carbons (Fsp3) is 0.643. The lowest BCUT2D eigenvalue weighted by Crippen LogP contribution is -2.49. The van der Waals surface area contributed by atoms with Crippen LogP contribution >= 0.6 is 0 Å². The first-order valence-corrected chi connectivity index (χ1v) is 6.76. The van der Waals surface area contributed by atoms with Crippen molar-refractivity contribution in [2.45, 2.75) is 38.4 Å². The van der Waals surface area contributed by atoms with Crippen molar-refractivity contribution in [1.29, 1.82) is 0 Å². The Labute approximate surface area is 122 Å². The van der Waals surface area contributed by atoms with E-state index in [4.69, 9.17) is 20.9 Å². The number of hydrogen-bond acceptors (Lipinski definition) is 5. The average Bonchev–Trinajstić information content (AvgIpc) is 2.79. The second-order valence-electron chi connectivity index (χ2n) is 6.56. The van der Waals surface area contributed by atoms with Crippen LogP contribution in [0, 0.1) is 17.8 Å². The van der Waals surface area contributed by atoms with Crippen molar-refractivity contribution in [2.24, 2.45) is 29.2 Å². The van der Waals surface area contributed by atoms with E-state index >= 15 is 0 Å². The van der Waals surface area contributed by atoms with E-state index in [2.05, 4.69) is 0 Å². The van der Waals surface area contributed by atoms with Crippen molar-refractivity contribution in [3.63, 3.8) is 0 Å². The molecule has 2 rings (SSSR count). The van der Waals surface area contributed by atoms with Gasteiger partial charge in [0.1, 0.15) is 11.2 Å². The minimum absolute atomic E-state index is 0.248. The molecule has 116 valence electrons. The van der Waals surface area contributed by atoms with Gasteiger partial charge in [0.2, 0.25) is 11.8 Å². The van der Waals surface area contributed by atoms with Crippen LogP contribution in [-0.4, -0.2) is 29.2 Å². The Kier molecular flexibility index (Phi) is 3.47. The van der Waals surface area contributed by atoms with E-state index in [-0.39, 0.29) is 5.92 Å². The smallest absolute Gasteiger partial charge is 0.429 e. The summed E-state index contributed by atoms with van der Waals surface area (Å²) in [5, 5.41) is 0. The van der Waals surface area contributed by atoms with Gasteiger partial charge in [-0.05, 0) is 39.2 Å². The van der Waals surface area contributed by atoms with Crippen LogP contribution in [0.1, 0.15) is 27.2 Å². The summed E-state index contributed by atoms with van der Waals surface area (Å²) in [6.45, 7) is 5.10. The van der Waals surface area contributed by atoms with Crippen molar-refractivity contribution in [2.75, 3.05) is 0 Å². The van der Waals surface area contributed by atoms with Crippen molar-refractivity contribution in [1.82, 2.24) is 0 Å². The molecule has 7 heteroatoms. The van der Waals surface area contributed by atoms with Crippen LogP contribution in [-0.2, 0) is 19.1 Å². The monoisotopic (exact) mass is 296 g/mol. The number of carbonyl (C=O) groups excluding carboxylic acids is 3. The normalized spacial score (nSPS) is 33.8. The molecule has 0 aliphatic heterocycles. The molecule has 7 nitrogen and oxygen atoms in total. The highest BCUT2D eigenvalue weighted by atomic mass is 16.7.